The van der Waals surface area contributed by atoms with Crippen LogP contribution in [0.4, 0.5) is 5.69 Å². The van der Waals surface area contributed by atoms with Gasteiger partial charge in [0.1, 0.15) is 0 Å². The van der Waals surface area contributed by atoms with Gasteiger partial charge in [0.25, 0.3) is 0 Å². The Labute approximate surface area is 146 Å². The highest BCUT2D eigenvalue weighted by Crippen LogP contribution is 2.25. The van der Waals surface area contributed by atoms with E-state index in [1.807, 2.05) is 6.07 Å². The Hall–Kier alpha value is -1.14. The highest BCUT2D eigenvalue weighted by Gasteiger charge is 2.32. The van der Waals surface area contributed by atoms with Crippen molar-refractivity contribution in [2.75, 3.05) is 18.4 Å². The zero-order chi connectivity index (χ0) is 18.2. The lowest BCUT2D eigenvalue weighted by Gasteiger charge is -2.41. The molecule has 1 N–H and O–H groups in total. The average Bonchev–Trinajstić information content (AvgIpc) is 2.46. The number of piperidine rings is 1. The standard InChI is InChI=1S/C18H31N3O2S/c1-17(2,3)21-11-9-14(10-12-21)20-15-7-8-16(19-13-15)24(22,23)18(4,5)6/h7-8,13-14,20H,9-12H2,1-6H3. The van der Waals surface area contributed by atoms with E-state index in [0.717, 1.165) is 31.6 Å². The van der Waals surface area contributed by atoms with Gasteiger partial charge >= 0.3 is 0 Å². The van der Waals surface area contributed by atoms with Gasteiger partial charge in [-0.1, -0.05) is 0 Å². The zero-order valence-electron chi connectivity index (χ0n) is 15.8. The summed E-state index contributed by atoms with van der Waals surface area (Å²) in [5.74, 6) is 0. The Morgan fingerprint density at radius 2 is 1.67 bits per heavy atom. The van der Waals surface area contributed by atoms with E-state index in [1.54, 1.807) is 33.0 Å². The van der Waals surface area contributed by atoms with Crippen molar-refractivity contribution < 1.29 is 8.42 Å². The van der Waals surface area contributed by atoms with Gasteiger partial charge in [-0.3, -0.25) is 4.90 Å². The summed E-state index contributed by atoms with van der Waals surface area (Å²) in [6, 6.07) is 3.84. The Morgan fingerprint density at radius 3 is 2.08 bits per heavy atom. The highest BCUT2D eigenvalue weighted by atomic mass is 32.2. The summed E-state index contributed by atoms with van der Waals surface area (Å²) in [7, 11) is -3.40. The average molecular weight is 354 g/mol. The summed E-state index contributed by atoms with van der Waals surface area (Å²) in [5.41, 5.74) is 1.10. The van der Waals surface area contributed by atoms with Crippen LogP contribution in [0.1, 0.15) is 54.4 Å². The van der Waals surface area contributed by atoms with Crippen molar-refractivity contribution in [1.82, 2.24) is 9.88 Å². The molecule has 0 spiro atoms. The van der Waals surface area contributed by atoms with E-state index in [-0.39, 0.29) is 10.6 Å². The quantitative estimate of drug-likeness (QED) is 0.903. The summed E-state index contributed by atoms with van der Waals surface area (Å²) in [4.78, 5) is 6.68. The fraction of sp³-hybridized carbons (Fsp3) is 0.722. The van der Waals surface area contributed by atoms with Crippen LogP contribution >= 0.6 is 0 Å². The van der Waals surface area contributed by atoms with Crippen molar-refractivity contribution in [3.05, 3.63) is 18.3 Å². The molecule has 1 aliphatic rings. The van der Waals surface area contributed by atoms with Crippen molar-refractivity contribution in [2.24, 2.45) is 0 Å². The maximum atomic E-state index is 12.4. The van der Waals surface area contributed by atoms with Crippen molar-refractivity contribution in [3.63, 3.8) is 0 Å². The monoisotopic (exact) mass is 353 g/mol. The van der Waals surface area contributed by atoms with Crippen LogP contribution in [0.2, 0.25) is 0 Å². The molecular formula is C18H31N3O2S. The first-order valence-electron chi connectivity index (χ1n) is 8.63. The Balaban J connectivity index is 1.99. The minimum atomic E-state index is -3.40. The van der Waals surface area contributed by atoms with Crippen LogP contribution in [0.15, 0.2) is 23.4 Å². The van der Waals surface area contributed by atoms with E-state index in [2.05, 4.69) is 36.0 Å². The topological polar surface area (TPSA) is 62.3 Å². The second-order valence-electron chi connectivity index (χ2n) is 8.58. The van der Waals surface area contributed by atoms with Crippen LogP contribution < -0.4 is 5.32 Å². The third-order valence-corrected chi connectivity index (χ3v) is 7.04. The number of likely N-dealkylation sites (tertiary alicyclic amines) is 1. The number of nitrogens with zero attached hydrogens (tertiary/aromatic N) is 2. The molecule has 2 rings (SSSR count). The number of nitrogens with one attached hydrogen (secondary N) is 1. The number of anilines is 1. The molecular weight excluding hydrogens is 322 g/mol. The molecule has 24 heavy (non-hydrogen) atoms. The molecule has 0 atom stereocenters. The Kier molecular flexibility index (Phi) is 5.31. The van der Waals surface area contributed by atoms with Gasteiger partial charge in [0.2, 0.25) is 0 Å². The van der Waals surface area contributed by atoms with Gasteiger partial charge in [0, 0.05) is 24.7 Å². The molecule has 0 unspecified atom stereocenters. The summed E-state index contributed by atoms with van der Waals surface area (Å²) in [6.45, 7) is 14.0. The molecule has 2 heterocycles. The summed E-state index contributed by atoms with van der Waals surface area (Å²) >= 11 is 0. The molecule has 0 bridgehead atoms. The molecule has 1 aliphatic heterocycles. The van der Waals surface area contributed by atoms with Crippen LogP contribution in [0.3, 0.4) is 0 Å². The zero-order valence-corrected chi connectivity index (χ0v) is 16.6. The van der Waals surface area contributed by atoms with Crippen molar-refractivity contribution in [3.8, 4) is 0 Å². The third-order valence-electron chi connectivity index (χ3n) is 4.63. The van der Waals surface area contributed by atoms with Crippen LogP contribution in [0.5, 0.6) is 0 Å². The first-order valence-corrected chi connectivity index (χ1v) is 10.1. The highest BCUT2D eigenvalue weighted by molar-refractivity contribution is 7.92. The maximum Gasteiger partial charge on any atom is 0.200 e. The van der Waals surface area contributed by atoms with Crippen molar-refractivity contribution in [2.45, 2.75) is 75.7 Å². The van der Waals surface area contributed by atoms with Crippen molar-refractivity contribution >= 4 is 15.5 Å². The fourth-order valence-corrected chi connectivity index (χ4v) is 3.93. The second-order valence-corrected chi connectivity index (χ2v) is 11.2. The van der Waals surface area contributed by atoms with Crippen LogP contribution in [0, 0.1) is 0 Å². The van der Waals surface area contributed by atoms with Gasteiger partial charge in [-0.2, -0.15) is 0 Å². The van der Waals surface area contributed by atoms with Crippen LogP contribution in [0.25, 0.3) is 0 Å². The lowest BCUT2D eigenvalue weighted by molar-refractivity contribution is 0.106. The summed E-state index contributed by atoms with van der Waals surface area (Å²) in [5, 5.41) is 3.63. The first kappa shape index (κ1) is 19.2. The number of pyridine rings is 1. The SMILES string of the molecule is CC(C)(C)N1CCC(Nc2ccc(S(=O)(=O)C(C)(C)C)nc2)CC1. The van der Waals surface area contributed by atoms with E-state index in [4.69, 9.17) is 0 Å². The molecule has 0 amide bonds. The molecule has 1 saturated heterocycles. The largest absolute Gasteiger partial charge is 0.381 e. The molecule has 0 radical (unpaired) electrons. The van der Waals surface area contributed by atoms with E-state index in [1.165, 1.54) is 0 Å². The molecule has 136 valence electrons. The van der Waals surface area contributed by atoms with Gasteiger partial charge < -0.3 is 5.32 Å². The fourth-order valence-electron chi connectivity index (χ4n) is 2.87. The van der Waals surface area contributed by atoms with Gasteiger partial charge in [-0.05, 0) is 66.5 Å². The van der Waals surface area contributed by atoms with Crippen molar-refractivity contribution in [1.29, 1.82) is 0 Å². The second kappa shape index (κ2) is 6.64. The third kappa shape index (κ3) is 4.28. The molecule has 0 saturated carbocycles. The minimum Gasteiger partial charge on any atom is -0.381 e. The lowest BCUT2D eigenvalue weighted by atomic mass is 9.98. The predicted octanol–water partition coefficient (Wildman–Crippen LogP) is 3.33. The molecule has 5 nitrogen and oxygen atoms in total. The number of hydrogen-bond donors (Lipinski definition) is 1. The number of aromatic nitrogens is 1. The lowest BCUT2D eigenvalue weighted by Crippen LogP contribution is -2.48. The maximum absolute atomic E-state index is 12.4. The number of hydrogen-bond acceptors (Lipinski definition) is 5. The molecule has 0 aliphatic carbocycles. The molecule has 1 aromatic rings. The smallest absolute Gasteiger partial charge is 0.200 e. The van der Waals surface area contributed by atoms with Gasteiger partial charge in [-0.15, -0.1) is 0 Å². The molecule has 1 fully saturated rings. The Bertz CT molecular complexity index is 647. The van der Waals surface area contributed by atoms with Crippen LogP contribution in [-0.4, -0.2) is 47.7 Å². The van der Waals surface area contributed by atoms with Crippen LogP contribution in [-0.2, 0) is 9.84 Å². The Morgan fingerprint density at radius 1 is 1.08 bits per heavy atom. The van der Waals surface area contributed by atoms with Gasteiger partial charge in [0.15, 0.2) is 14.9 Å². The van der Waals surface area contributed by atoms with Gasteiger partial charge in [0.05, 0.1) is 16.6 Å². The normalized spacial score (nSPS) is 18.6. The summed E-state index contributed by atoms with van der Waals surface area (Å²) in [6.07, 6.45) is 3.80. The molecule has 1 aromatic heterocycles. The number of rotatable bonds is 3. The van der Waals surface area contributed by atoms with E-state index < -0.39 is 14.6 Å². The van der Waals surface area contributed by atoms with Gasteiger partial charge in [-0.25, -0.2) is 13.4 Å². The molecule has 6 heteroatoms. The number of sulfone groups is 1. The summed E-state index contributed by atoms with van der Waals surface area (Å²) < 4.78 is 24.0. The minimum absolute atomic E-state index is 0.142. The van der Waals surface area contributed by atoms with E-state index in [9.17, 15) is 8.42 Å². The predicted molar refractivity (Wildman–Crippen MR) is 99.1 cm³/mol. The molecule has 0 aromatic carbocycles. The first-order chi connectivity index (χ1) is 10.9. The van der Waals surface area contributed by atoms with E-state index >= 15 is 0 Å². The van der Waals surface area contributed by atoms with E-state index in [0.29, 0.717) is 6.04 Å².